The zero-order valence-electron chi connectivity index (χ0n) is 12.8. The first kappa shape index (κ1) is 14.8. The minimum absolute atomic E-state index is 0.314. The van der Waals surface area contributed by atoms with Crippen LogP contribution in [0.25, 0.3) is 0 Å². The molecule has 20 heavy (non-hydrogen) atoms. The van der Waals surface area contributed by atoms with Crippen molar-refractivity contribution in [2.75, 3.05) is 41.7 Å². The van der Waals surface area contributed by atoms with Gasteiger partial charge < -0.3 is 15.5 Å². The molecule has 0 unspecified atom stereocenters. The van der Waals surface area contributed by atoms with Gasteiger partial charge in [-0.3, -0.25) is 0 Å². The first-order valence-electron chi connectivity index (χ1n) is 7.69. The highest BCUT2D eigenvalue weighted by Gasteiger charge is 2.26. The monoisotopic (exact) mass is 278 g/mol. The second-order valence-electron chi connectivity index (χ2n) is 5.36. The molecule has 0 aliphatic heterocycles. The van der Waals surface area contributed by atoms with Crippen LogP contribution in [0, 0.1) is 5.92 Å². The lowest BCUT2D eigenvalue weighted by Gasteiger charge is -2.24. The number of hydrogen-bond acceptors (Lipinski definition) is 6. The molecule has 1 aromatic rings. The number of aromatic nitrogens is 3. The number of nitrogens with zero attached hydrogens (tertiary/aromatic N) is 5. The summed E-state index contributed by atoms with van der Waals surface area (Å²) in [7, 11) is 0. The zero-order valence-corrected chi connectivity index (χ0v) is 12.8. The van der Waals surface area contributed by atoms with E-state index in [1.54, 1.807) is 0 Å². The van der Waals surface area contributed by atoms with Gasteiger partial charge in [0.1, 0.15) is 0 Å². The molecule has 2 rings (SSSR count). The molecule has 0 saturated heterocycles. The summed E-state index contributed by atoms with van der Waals surface area (Å²) >= 11 is 0. The van der Waals surface area contributed by atoms with E-state index in [2.05, 4.69) is 45.5 Å². The third-order valence-corrected chi connectivity index (χ3v) is 3.63. The molecule has 0 aromatic carbocycles. The quantitative estimate of drug-likeness (QED) is 0.783. The van der Waals surface area contributed by atoms with Crippen molar-refractivity contribution in [2.45, 2.75) is 40.0 Å². The maximum atomic E-state index is 5.87. The standard InChI is InChI=1S/C14H26N6/c1-4-9-20(10-11-7-8-11)14-17-12(15)16-13(18-14)19(5-2)6-3/h11H,4-10H2,1-3H3,(H2,15,16,17,18). The summed E-state index contributed by atoms with van der Waals surface area (Å²) in [6.07, 6.45) is 3.73. The summed E-state index contributed by atoms with van der Waals surface area (Å²) in [4.78, 5) is 17.6. The molecule has 1 aliphatic carbocycles. The van der Waals surface area contributed by atoms with Crippen LogP contribution in [0.2, 0.25) is 0 Å². The van der Waals surface area contributed by atoms with E-state index in [1.807, 2.05) is 0 Å². The molecule has 0 radical (unpaired) electrons. The lowest BCUT2D eigenvalue weighted by molar-refractivity contribution is 0.683. The van der Waals surface area contributed by atoms with Gasteiger partial charge in [0, 0.05) is 26.2 Å². The Morgan fingerprint density at radius 3 is 2.10 bits per heavy atom. The van der Waals surface area contributed by atoms with Crippen LogP contribution in [0.4, 0.5) is 17.8 Å². The highest BCUT2D eigenvalue weighted by atomic mass is 15.3. The molecule has 6 heteroatoms. The van der Waals surface area contributed by atoms with E-state index < -0.39 is 0 Å². The molecule has 1 heterocycles. The van der Waals surface area contributed by atoms with Gasteiger partial charge in [0.25, 0.3) is 0 Å². The van der Waals surface area contributed by atoms with E-state index in [1.165, 1.54) is 12.8 Å². The Morgan fingerprint density at radius 1 is 1.00 bits per heavy atom. The second kappa shape index (κ2) is 6.72. The van der Waals surface area contributed by atoms with Gasteiger partial charge in [-0.15, -0.1) is 0 Å². The van der Waals surface area contributed by atoms with Crippen molar-refractivity contribution in [3.05, 3.63) is 0 Å². The zero-order chi connectivity index (χ0) is 14.5. The predicted octanol–water partition coefficient (Wildman–Crippen LogP) is 1.93. The van der Waals surface area contributed by atoms with E-state index in [0.717, 1.165) is 44.5 Å². The van der Waals surface area contributed by atoms with E-state index >= 15 is 0 Å². The minimum atomic E-state index is 0.314. The molecule has 0 atom stereocenters. The molecular weight excluding hydrogens is 252 g/mol. The van der Waals surface area contributed by atoms with Crippen molar-refractivity contribution in [1.29, 1.82) is 0 Å². The fraction of sp³-hybridized carbons (Fsp3) is 0.786. The summed E-state index contributed by atoms with van der Waals surface area (Å²) in [5, 5.41) is 0. The molecule has 1 saturated carbocycles. The summed E-state index contributed by atoms with van der Waals surface area (Å²) in [5.74, 6) is 2.53. The third kappa shape index (κ3) is 3.71. The van der Waals surface area contributed by atoms with Gasteiger partial charge in [-0.05, 0) is 39.0 Å². The second-order valence-corrected chi connectivity index (χ2v) is 5.36. The molecule has 6 nitrogen and oxygen atoms in total. The fourth-order valence-electron chi connectivity index (χ4n) is 2.31. The van der Waals surface area contributed by atoms with Gasteiger partial charge >= 0.3 is 0 Å². The number of nitrogen functional groups attached to an aromatic ring is 1. The summed E-state index contributed by atoms with van der Waals surface area (Å²) < 4.78 is 0. The Kier molecular flexibility index (Phi) is 4.98. The predicted molar refractivity (Wildman–Crippen MR) is 83.0 cm³/mol. The first-order valence-corrected chi connectivity index (χ1v) is 7.69. The molecule has 112 valence electrons. The molecule has 2 N–H and O–H groups in total. The fourth-order valence-corrected chi connectivity index (χ4v) is 2.31. The minimum Gasteiger partial charge on any atom is -0.368 e. The largest absolute Gasteiger partial charge is 0.368 e. The lowest BCUT2D eigenvalue weighted by atomic mass is 10.3. The van der Waals surface area contributed by atoms with Crippen molar-refractivity contribution in [1.82, 2.24) is 15.0 Å². The molecule has 0 bridgehead atoms. The first-order chi connectivity index (χ1) is 9.67. The molecule has 0 amide bonds. The highest BCUT2D eigenvalue weighted by Crippen LogP contribution is 2.31. The average molecular weight is 278 g/mol. The third-order valence-electron chi connectivity index (χ3n) is 3.63. The van der Waals surface area contributed by atoms with Crippen LogP contribution in [-0.2, 0) is 0 Å². The number of rotatable bonds is 8. The van der Waals surface area contributed by atoms with Crippen LogP contribution in [-0.4, -0.2) is 41.1 Å². The van der Waals surface area contributed by atoms with Gasteiger partial charge in [0.2, 0.25) is 17.8 Å². The van der Waals surface area contributed by atoms with Crippen molar-refractivity contribution in [3.63, 3.8) is 0 Å². The van der Waals surface area contributed by atoms with Gasteiger partial charge in [-0.25, -0.2) is 0 Å². The van der Waals surface area contributed by atoms with Crippen LogP contribution in [0.3, 0.4) is 0 Å². The number of nitrogens with two attached hydrogens (primary N) is 1. The van der Waals surface area contributed by atoms with Gasteiger partial charge in [0.15, 0.2) is 0 Å². The van der Waals surface area contributed by atoms with Crippen LogP contribution < -0.4 is 15.5 Å². The van der Waals surface area contributed by atoms with Gasteiger partial charge in [0.05, 0.1) is 0 Å². The Morgan fingerprint density at radius 2 is 1.60 bits per heavy atom. The van der Waals surface area contributed by atoms with Crippen molar-refractivity contribution < 1.29 is 0 Å². The van der Waals surface area contributed by atoms with E-state index in [4.69, 9.17) is 5.73 Å². The van der Waals surface area contributed by atoms with E-state index in [9.17, 15) is 0 Å². The van der Waals surface area contributed by atoms with Crippen molar-refractivity contribution in [3.8, 4) is 0 Å². The van der Waals surface area contributed by atoms with E-state index in [0.29, 0.717) is 11.9 Å². The Balaban J connectivity index is 2.23. The molecule has 1 aliphatic rings. The molecular formula is C14H26N6. The van der Waals surface area contributed by atoms with Gasteiger partial charge in [-0.1, -0.05) is 6.92 Å². The maximum absolute atomic E-state index is 5.87. The topological polar surface area (TPSA) is 71.2 Å². The Hall–Kier alpha value is -1.59. The highest BCUT2D eigenvalue weighted by molar-refractivity contribution is 5.43. The van der Waals surface area contributed by atoms with Crippen LogP contribution in [0.5, 0.6) is 0 Å². The smallest absolute Gasteiger partial charge is 0.231 e. The molecule has 0 spiro atoms. The SMILES string of the molecule is CCCN(CC1CC1)c1nc(N)nc(N(CC)CC)n1. The van der Waals surface area contributed by atoms with Gasteiger partial charge in [-0.2, -0.15) is 15.0 Å². The number of anilines is 3. The summed E-state index contributed by atoms with van der Waals surface area (Å²) in [6.45, 7) is 10.1. The summed E-state index contributed by atoms with van der Waals surface area (Å²) in [5.41, 5.74) is 5.87. The van der Waals surface area contributed by atoms with Crippen LogP contribution in [0.1, 0.15) is 40.0 Å². The average Bonchev–Trinajstić information content (AvgIpc) is 3.23. The maximum Gasteiger partial charge on any atom is 0.231 e. The van der Waals surface area contributed by atoms with E-state index in [-0.39, 0.29) is 0 Å². The summed E-state index contributed by atoms with van der Waals surface area (Å²) in [6, 6.07) is 0. The van der Waals surface area contributed by atoms with Crippen molar-refractivity contribution >= 4 is 17.8 Å². The van der Waals surface area contributed by atoms with Crippen LogP contribution >= 0.6 is 0 Å². The Bertz CT molecular complexity index is 428. The van der Waals surface area contributed by atoms with Crippen LogP contribution in [0.15, 0.2) is 0 Å². The lowest BCUT2D eigenvalue weighted by Crippen LogP contribution is -2.31. The normalized spacial score (nSPS) is 14.3. The molecule has 1 fully saturated rings. The Labute approximate surface area is 121 Å². The molecule has 1 aromatic heterocycles. The van der Waals surface area contributed by atoms with Crippen molar-refractivity contribution in [2.24, 2.45) is 5.92 Å². The number of hydrogen-bond donors (Lipinski definition) is 1.